The Bertz CT molecular complexity index is 588. The first-order valence-electron chi connectivity index (χ1n) is 7.77. The van der Waals surface area contributed by atoms with Gasteiger partial charge in [0.15, 0.2) is 0 Å². The summed E-state index contributed by atoms with van der Waals surface area (Å²) < 4.78 is 14.2. The molecule has 3 nitrogen and oxygen atoms in total. The summed E-state index contributed by atoms with van der Waals surface area (Å²) in [6.45, 7) is 1.50. The molecule has 3 unspecified atom stereocenters. The van der Waals surface area contributed by atoms with Gasteiger partial charge in [0.2, 0.25) is 5.91 Å². The highest BCUT2D eigenvalue weighted by molar-refractivity contribution is 8.00. The molecule has 3 rings (SSSR count). The molecule has 1 aromatic carbocycles. The number of amides is 1. The van der Waals surface area contributed by atoms with Crippen LogP contribution < -0.4 is 5.32 Å². The number of nitrogens with one attached hydrogen (secondary N) is 1. The third-order valence-electron chi connectivity index (χ3n) is 4.31. The molecule has 3 atom stereocenters. The third kappa shape index (κ3) is 3.35. The van der Waals surface area contributed by atoms with E-state index in [2.05, 4.69) is 5.32 Å². The topological polar surface area (TPSA) is 46.2 Å². The van der Waals surface area contributed by atoms with E-state index in [1.54, 1.807) is 30.0 Å². The molecule has 2 fully saturated rings. The molecule has 0 aromatic heterocycles. The first-order chi connectivity index (χ1) is 10.6. The van der Waals surface area contributed by atoms with E-state index in [0.29, 0.717) is 5.56 Å². The van der Waals surface area contributed by atoms with E-state index in [0.717, 1.165) is 25.7 Å². The van der Waals surface area contributed by atoms with E-state index >= 15 is 0 Å². The van der Waals surface area contributed by atoms with E-state index in [9.17, 15) is 14.0 Å². The number of benzene rings is 1. The predicted octanol–water partition coefficient (Wildman–Crippen LogP) is 3.25. The number of halogens is 1. The molecule has 1 saturated carbocycles. The minimum absolute atomic E-state index is 0.0313. The zero-order chi connectivity index (χ0) is 15.7. The van der Waals surface area contributed by atoms with Crippen molar-refractivity contribution in [2.24, 2.45) is 5.92 Å². The molecule has 1 aromatic rings. The van der Waals surface area contributed by atoms with Crippen LogP contribution in [-0.2, 0) is 9.59 Å². The highest BCUT2D eigenvalue weighted by atomic mass is 32.2. The monoisotopic (exact) mass is 321 g/mol. The van der Waals surface area contributed by atoms with Gasteiger partial charge in [-0.05, 0) is 37.3 Å². The summed E-state index contributed by atoms with van der Waals surface area (Å²) in [5, 5.41) is 2.97. The van der Waals surface area contributed by atoms with Crippen LogP contribution >= 0.6 is 11.8 Å². The SMILES string of the molecule is CC(=O)NC1CCC(C(C(=O)C2CC2)c2ccccc2F)S1. The van der Waals surface area contributed by atoms with Crippen molar-refractivity contribution >= 4 is 23.5 Å². The Morgan fingerprint density at radius 2 is 1.95 bits per heavy atom. The van der Waals surface area contributed by atoms with Crippen LogP contribution in [0.25, 0.3) is 0 Å². The lowest BCUT2D eigenvalue weighted by Crippen LogP contribution is -2.29. The van der Waals surface area contributed by atoms with E-state index in [1.165, 1.54) is 13.0 Å². The summed E-state index contributed by atoms with van der Waals surface area (Å²) in [7, 11) is 0. The van der Waals surface area contributed by atoms with Crippen molar-refractivity contribution in [3.05, 3.63) is 35.6 Å². The Morgan fingerprint density at radius 3 is 2.59 bits per heavy atom. The summed E-state index contributed by atoms with van der Waals surface area (Å²) in [5.74, 6) is -0.479. The minimum Gasteiger partial charge on any atom is -0.345 e. The van der Waals surface area contributed by atoms with Gasteiger partial charge in [-0.15, -0.1) is 11.8 Å². The second-order valence-corrected chi connectivity index (χ2v) is 7.56. The summed E-state index contributed by atoms with van der Waals surface area (Å²) in [6.07, 6.45) is 3.51. The van der Waals surface area contributed by atoms with Crippen LogP contribution in [0.4, 0.5) is 4.39 Å². The Morgan fingerprint density at radius 1 is 1.23 bits per heavy atom. The summed E-state index contributed by atoms with van der Waals surface area (Å²) in [6, 6.07) is 6.59. The highest BCUT2D eigenvalue weighted by Crippen LogP contribution is 2.46. The molecular formula is C17H20FNO2S. The van der Waals surface area contributed by atoms with Gasteiger partial charge in [-0.25, -0.2) is 4.39 Å². The van der Waals surface area contributed by atoms with Crippen LogP contribution in [0, 0.1) is 11.7 Å². The molecule has 1 amide bonds. The van der Waals surface area contributed by atoms with Crippen LogP contribution in [0.3, 0.4) is 0 Å². The number of carbonyl (C=O) groups is 2. The quantitative estimate of drug-likeness (QED) is 0.905. The smallest absolute Gasteiger partial charge is 0.217 e. The van der Waals surface area contributed by atoms with Crippen LogP contribution in [0.5, 0.6) is 0 Å². The number of Topliss-reactive ketones (excluding diaryl/α,β-unsaturated/α-hetero) is 1. The first kappa shape index (κ1) is 15.5. The molecule has 1 aliphatic carbocycles. The molecule has 1 N–H and O–H groups in total. The third-order valence-corrected chi connectivity index (χ3v) is 5.85. The molecule has 5 heteroatoms. The highest BCUT2D eigenvalue weighted by Gasteiger charge is 2.43. The van der Waals surface area contributed by atoms with Crippen molar-refractivity contribution in [3.63, 3.8) is 0 Å². The Labute approximate surface area is 134 Å². The van der Waals surface area contributed by atoms with Crippen molar-refractivity contribution in [1.82, 2.24) is 5.32 Å². The maximum atomic E-state index is 14.2. The van der Waals surface area contributed by atoms with Gasteiger partial charge in [-0.1, -0.05) is 18.2 Å². The molecule has 0 radical (unpaired) electrons. The zero-order valence-corrected chi connectivity index (χ0v) is 13.4. The van der Waals surface area contributed by atoms with Gasteiger partial charge in [0.05, 0.1) is 11.3 Å². The number of thioether (sulfide) groups is 1. The fraction of sp³-hybridized carbons (Fsp3) is 0.529. The van der Waals surface area contributed by atoms with E-state index in [4.69, 9.17) is 0 Å². The summed E-state index contributed by atoms with van der Waals surface area (Å²) in [4.78, 5) is 23.9. The van der Waals surface area contributed by atoms with Gasteiger partial charge < -0.3 is 5.32 Å². The average molecular weight is 321 g/mol. The largest absolute Gasteiger partial charge is 0.345 e. The fourth-order valence-corrected chi connectivity index (χ4v) is 4.76. The van der Waals surface area contributed by atoms with Crippen molar-refractivity contribution in [2.45, 2.75) is 49.1 Å². The maximum Gasteiger partial charge on any atom is 0.217 e. The van der Waals surface area contributed by atoms with Gasteiger partial charge in [0.25, 0.3) is 0 Å². The Kier molecular flexibility index (Phi) is 4.52. The number of hydrogen-bond acceptors (Lipinski definition) is 3. The van der Waals surface area contributed by atoms with Crippen molar-refractivity contribution in [2.75, 3.05) is 0 Å². The minimum atomic E-state index is -0.391. The molecule has 1 aliphatic heterocycles. The van der Waals surface area contributed by atoms with Crippen LogP contribution in [0.15, 0.2) is 24.3 Å². The predicted molar refractivity (Wildman–Crippen MR) is 85.1 cm³/mol. The molecule has 0 bridgehead atoms. The van der Waals surface area contributed by atoms with Crippen molar-refractivity contribution in [1.29, 1.82) is 0 Å². The van der Waals surface area contributed by atoms with Crippen LogP contribution in [-0.4, -0.2) is 22.3 Å². The standard InChI is InChI=1S/C17H20FNO2S/c1-10(20)19-15-9-8-14(22-15)16(17(21)11-6-7-11)12-4-2-3-5-13(12)18/h2-5,11,14-16H,6-9H2,1H3,(H,19,20). The Balaban J connectivity index is 1.82. The van der Waals surface area contributed by atoms with Gasteiger partial charge in [-0.2, -0.15) is 0 Å². The maximum absolute atomic E-state index is 14.2. The number of carbonyl (C=O) groups excluding carboxylic acids is 2. The van der Waals surface area contributed by atoms with Crippen molar-refractivity contribution in [3.8, 4) is 0 Å². The van der Waals surface area contributed by atoms with Crippen molar-refractivity contribution < 1.29 is 14.0 Å². The summed E-state index contributed by atoms with van der Waals surface area (Å²) in [5.41, 5.74) is 0.514. The number of hydrogen-bond donors (Lipinski definition) is 1. The second-order valence-electron chi connectivity index (χ2n) is 6.12. The van der Waals surface area contributed by atoms with E-state index < -0.39 is 5.92 Å². The fourth-order valence-electron chi connectivity index (χ4n) is 3.13. The van der Waals surface area contributed by atoms with Gasteiger partial charge in [-0.3, -0.25) is 9.59 Å². The molecule has 2 aliphatic rings. The van der Waals surface area contributed by atoms with Gasteiger partial charge in [0, 0.05) is 18.1 Å². The Hall–Kier alpha value is -1.36. The van der Waals surface area contributed by atoms with E-state index in [-0.39, 0.29) is 34.0 Å². The van der Waals surface area contributed by atoms with E-state index in [1.807, 2.05) is 0 Å². The lowest BCUT2D eigenvalue weighted by molar-refractivity contribution is -0.122. The summed E-state index contributed by atoms with van der Waals surface area (Å²) >= 11 is 1.60. The van der Waals surface area contributed by atoms with Crippen LogP contribution in [0.1, 0.15) is 44.1 Å². The average Bonchev–Trinajstić information content (AvgIpc) is 3.23. The molecule has 22 heavy (non-hydrogen) atoms. The van der Waals surface area contributed by atoms with Gasteiger partial charge in [0.1, 0.15) is 11.6 Å². The van der Waals surface area contributed by atoms with Crippen LogP contribution in [0.2, 0.25) is 0 Å². The second kappa shape index (κ2) is 6.41. The lowest BCUT2D eigenvalue weighted by atomic mass is 9.87. The first-order valence-corrected chi connectivity index (χ1v) is 8.71. The molecule has 118 valence electrons. The molecule has 1 heterocycles. The normalized spacial score (nSPS) is 25.7. The zero-order valence-electron chi connectivity index (χ0n) is 12.5. The molecular weight excluding hydrogens is 301 g/mol. The van der Waals surface area contributed by atoms with Gasteiger partial charge >= 0.3 is 0 Å². The number of ketones is 1. The number of rotatable bonds is 5. The molecule has 1 saturated heterocycles. The molecule has 0 spiro atoms. The lowest BCUT2D eigenvalue weighted by Gasteiger charge is -2.23.